The van der Waals surface area contributed by atoms with Crippen LogP contribution in [0.25, 0.3) is 0 Å². The van der Waals surface area contributed by atoms with E-state index in [0.717, 1.165) is 0 Å². The van der Waals surface area contributed by atoms with Gasteiger partial charge in [-0.1, -0.05) is 0 Å². The van der Waals surface area contributed by atoms with Crippen LogP contribution in [0.2, 0.25) is 0 Å². The van der Waals surface area contributed by atoms with Gasteiger partial charge in [-0.15, -0.1) is 0 Å². The van der Waals surface area contributed by atoms with Crippen LogP contribution in [0.5, 0.6) is 0 Å². The molecule has 0 aliphatic heterocycles. The summed E-state index contributed by atoms with van der Waals surface area (Å²) in [6.07, 6.45) is 0.758. The van der Waals surface area contributed by atoms with Crippen LogP contribution < -0.4 is 0 Å². The highest BCUT2D eigenvalue weighted by Crippen LogP contribution is 2.21. The zero-order chi connectivity index (χ0) is 12.8. The van der Waals surface area contributed by atoms with Gasteiger partial charge >= 0.3 is 5.97 Å². The Morgan fingerprint density at radius 1 is 1.24 bits per heavy atom. The molecule has 5 nitrogen and oxygen atoms in total. The molecule has 0 unspecified atom stereocenters. The van der Waals surface area contributed by atoms with Crippen molar-refractivity contribution < 1.29 is 23.9 Å². The molecule has 0 aromatic rings. The van der Waals surface area contributed by atoms with E-state index in [1.165, 1.54) is 0 Å². The summed E-state index contributed by atoms with van der Waals surface area (Å²) < 4.78 is 4.63. The van der Waals surface area contributed by atoms with Crippen molar-refractivity contribution in [3.8, 4) is 0 Å². The molecule has 0 saturated heterocycles. The Labute approximate surface area is 99.5 Å². The maximum atomic E-state index is 11.5. The number of carbonyl (C=O) groups is 4. The van der Waals surface area contributed by atoms with Crippen molar-refractivity contribution in [3.63, 3.8) is 0 Å². The number of ketones is 3. The summed E-state index contributed by atoms with van der Waals surface area (Å²) in [4.78, 5) is 45.5. The van der Waals surface area contributed by atoms with Crippen molar-refractivity contribution in [3.05, 3.63) is 0 Å². The zero-order valence-corrected chi connectivity index (χ0v) is 9.86. The van der Waals surface area contributed by atoms with Gasteiger partial charge in [0.25, 0.3) is 0 Å². The Balaban J connectivity index is 2.46. The van der Waals surface area contributed by atoms with Crippen LogP contribution in [0.4, 0.5) is 0 Å². The summed E-state index contributed by atoms with van der Waals surface area (Å²) in [5, 5.41) is 0. The lowest BCUT2D eigenvalue weighted by atomic mass is 9.83. The lowest BCUT2D eigenvalue weighted by Crippen LogP contribution is -2.31. The number of esters is 1. The Hall–Kier alpha value is -1.52. The van der Waals surface area contributed by atoms with Crippen LogP contribution in [0, 0.1) is 5.92 Å². The minimum Gasteiger partial charge on any atom is -0.466 e. The number of Topliss-reactive ketones (excluding diaryl/α,β-unsaturated/α-hetero) is 3. The first-order valence-electron chi connectivity index (χ1n) is 5.77. The lowest BCUT2D eigenvalue weighted by Gasteiger charge is -2.18. The molecule has 1 aliphatic carbocycles. The summed E-state index contributed by atoms with van der Waals surface area (Å²) >= 11 is 0. The summed E-state index contributed by atoms with van der Waals surface area (Å²) in [5.41, 5.74) is 0. The van der Waals surface area contributed by atoms with E-state index < -0.39 is 17.7 Å². The van der Waals surface area contributed by atoms with Gasteiger partial charge in [0.1, 0.15) is 23.8 Å². The fourth-order valence-electron chi connectivity index (χ4n) is 1.87. The topological polar surface area (TPSA) is 77.5 Å². The first-order chi connectivity index (χ1) is 8.04. The van der Waals surface area contributed by atoms with Crippen LogP contribution in [0.3, 0.4) is 0 Å². The van der Waals surface area contributed by atoms with E-state index in [0.29, 0.717) is 19.3 Å². The Morgan fingerprint density at radius 3 is 2.35 bits per heavy atom. The number of carbonyl (C=O) groups excluding carboxylic acids is 4. The van der Waals surface area contributed by atoms with Gasteiger partial charge in [-0.25, -0.2) is 0 Å². The van der Waals surface area contributed by atoms with Crippen molar-refractivity contribution in [1.29, 1.82) is 0 Å². The largest absolute Gasteiger partial charge is 0.466 e. The third-order valence-corrected chi connectivity index (χ3v) is 2.70. The van der Waals surface area contributed by atoms with Gasteiger partial charge in [0, 0.05) is 19.3 Å². The molecular weight excluding hydrogens is 224 g/mol. The van der Waals surface area contributed by atoms with E-state index in [4.69, 9.17) is 0 Å². The highest BCUT2D eigenvalue weighted by atomic mass is 16.5. The second-order valence-corrected chi connectivity index (χ2v) is 4.06. The van der Waals surface area contributed by atoms with E-state index in [1.807, 2.05) is 0 Å². The van der Waals surface area contributed by atoms with Gasteiger partial charge < -0.3 is 4.74 Å². The highest BCUT2D eigenvalue weighted by Gasteiger charge is 2.32. The fourth-order valence-corrected chi connectivity index (χ4v) is 1.87. The molecule has 1 rings (SSSR count). The highest BCUT2D eigenvalue weighted by molar-refractivity contribution is 6.08. The first kappa shape index (κ1) is 13.5. The van der Waals surface area contributed by atoms with Crippen LogP contribution >= 0.6 is 0 Å². The predicted molar refractivity (Wildman–Crippen MR) is 58.2 cm³/mol. The molecule has 0 bridgehead atoms. The summed E-state index contributed by atoms with van der Waals surface area (Å²) in [5.74, 6) is -2.20. The Morgan fingerprint density at radius 2 is 1.82 bits per heavy atom. The normalized spacial score (nSPS) is 17.0. The smallest absolute Gasteiger partial charge is 0.313 e. The third kappa shape index (κ3) is 4.09. The van der Waals surface area contributed by atoms with Crippen LogP contribution in [-0.4, -0.2) is 29.9 Å². The molecule has 5 heteroatoms. The molecule has 0 heterocycles. The van der Waals surface area contributed by atoms with Gasteiger partial charge in [-0.2, -0.15) is 0 Å². The predicted octanol–water partition coefficient (Wildman–Crippen LogP) is 0.837. The SMILES string of the molecule is CCOC(=O)CC(=O)CC1C(=O)CCCC1=O. The van der Waals surface area contributed by atoms with Crippen LogP contribution in [0.1, 0.15) is 39.0 Å². The molecule has 1 fully saturated rings. The Bertz CT molecular complexity index is 329. The quantitative estimate of drug-likeness (QED) is 0.525. The second-order valence-electron chi connectivity index (χ2n) is 4.06. The molecule has 0 N–H and O–H groups in total. The molecule has 1 aliphatic rings. The molecule has 0 atom stereocenters. The van der Waals surface area contributed by atoms with Crippen LogP contribution in [0.15, 0.2) is 0 Å². The molecule has 17 heavy (non-hydrogen) atoms. The average Bonchev–Trinajstić information content (AvgIpc) is 2.24. The molecule has 0 aromatic heterocycles. The number of hydrogen-bond donors (Lipinski definition) is 0. The standard InChI is InChI=1S/C12H16O5/c1-2-17-12(16)7-8(13)6-9-10(14)4-3-5-11(9)15/h9H,2-7H2,1H3. The summed E-state index contributed by atoms with van der Waals surface area (Å²) in [6, 6.07) is 0. The minimum absolute atomic E-state index is 0.156. The monoisotopic (exact) mass is 240 g/mol. The fraction of sp³-hybridized carbons (Fsp3) is 0.667. The van der Waals surface area contributed by atoms with Gasteiger partial charge in [-0.3, -0.25) is 19.2 Å². The van der Waals surface area contributed by atoms with Gasteiger partial charge in [0.05, 0.1) is 12.5 Å². The zero-order valence-electron chi connectivity index (χ0n) is 9.86. The van der Waals surface area contributed by atoms with E-state index >= 15 is 0 Å². The van der Waals surface area contributed by atoms with Gasteiger partial charge in [0.15, 0.2) is 0 Å². The molecule has 0 aromatic carbocycles. The molecule has 94 valence electrons. The van der Waals surface area contributed by atoms with E-state index in [1.54, 1.807) is 6.92 Å². The average molecular weight is 240 g/mol. The summed E-state index contributed by atoms with van der Waals surface area (Å²) in [7, 11) is 0. The lowest BCUT2D eigenvalue weighted by molar-refractivity contribution is -0.147. The first-order valence-corrected chi connectivity index (χ1v) is 5.77. The van der Waals surface area contributed by atoms with Crippen molar-refractivity contribution in [2.24, 2.45) is 5.92 Å². The minimum atomic E-state index is -0.828. The van der Waals surface area contributed by atoms with E-state index in [2.05, 4.69) is 4.74 Å². The summed E-state index contributed by atoms with van der Waals surface area (Å²) in [6.45, 7) is 1.87. The van der Waals surface area contributed by atoms with Crippen molar-refractivity contribution in [2.75, 3.05) is 6.61 Å². The second kappa shape index (κ2) is 6.27. The van der Waals surface area contributed by atoms with Gasteiger partial charge in [-0.05, 0) is 13.3 Å². The maximum Gasteiger partial charge on any atom is 0.313 e. The van der Waals surface area contributed by atoms with Crippen molar-refractivity contribution >= 4 is 23.3 Å². The molecule has 0 spiro atoms. The van der Waals surface area contributed by atoms with Crippen molar-refractivity contribution in [2.45, 2.75) is 39.0 Å². The number of ether oxygens (including phenoxy) is 1. The van der Waals surface area contributed by atoms with Gasteiger partial charge in [0.2, 0.25) is 0 Å². The van der Waals surface area contributed by atoms with E-state index in [9.17, 15) is 19.2 Å². The van der Waals surface area contributed by atoms with Crippen molar-refractivity contribution in [1.82, 2.24) is 0 Å². The molecule has 1 saturated carbocycles. The number of hydrogen-bond acceptors (Lipinski definition) is 5. The Kier molecular flexibility index (Phi) is 5.00. The molecule has 0 amide bonds. The van der Waals surface area contributed by atoms with E-state index in [-0.39, 0.29) is 31.0 Å². The third-order valence-electron chi connectivity index (χ3n) is 2.70. The number of rotatable bonds is 5. The van der Waals surface area contributed by atoms with Crippen LogP contribution in [-0.2, 0) is 23.9 Å². The molecule has 0 radical (unpaired) electrons. The molecular formula is C12H16O5. The maximum absolute atomic E-state index is 11.5.